The minimum atomic E-state index is -0.409. The van der Waals surface area contributed by atoms with Crippen LogP contribution in [0.3, 0.4) is 0 Å². The van der Waals surface area contributed by atoms with Crippen molar-refractivity contribution < 1.29 is 14.6 Å². The first-order valence-corrected chi connectivity index (χ1v) is 9.08. The molecule has 4 nitrogen and oxygen atoms in total. The van der Waals surface area contributed by atoms with Gasteiger partial charge in [-0.1, -0.05) is 46.3 Å². The normalized spacial score (nSPS) is 19.1. The van der Waals surface area contributed by atoms with Crippen molar-refractivity contribution >= 4 is 45.4 Å². The van der Waals surface area contributed by atoms with Gasteiger partial charge >= 0.3 is 0 Å². The maximum atomic E-state index is 12.7. The number of amides is 1. The highest BCUT2D eigenvalue weighted by Crippen LogP contribution is 2.45. The molecule has 2 aromatic rings. The Morgan fingerprint density at radius 1 is 1.24 bits per heavy atom. The van der Waals surface area contributed by atoms with Gasteiger partial charge in [-0.15, -0.1) is 0 Å². The van der Waals surface area contributed by atoms with Crippen LogP contribution in [0.4, 0.5) is 0 Å². The molecular weight excluding hydrogens is 379 g/mol. The van der Waals surface area contributed by atoms with Gasteiger partial charge in [0.1, 0.15) is 35.4 Å². The van der Waals surface area contributed by atoms with Crippen molar-refractivity contribution in [1.29, 1.82) is 0 Å². The van der Waals surface area contributed by atoms with Crippen LogP contribution in [-0.2, 0) is 0 Å². The quantitative estimate of drug-likeness (QED) is 0.689. The lowest BCUT2D eigenvalue weighted by Crippen LogP contribution is -2.50. The summed E-state index contributed by atoms with van der Waals surface area (Å²) >= 11 is 3.51. The van der Waals surface area contributed by atoms with Crippen LogP contribution in [-0.4, -0.2) is 52.5 Å². The monoisotopic (exact) mass is 397 g/mol. The second-order valence-electron chi connectivity index (χ2n) is 7.30. The van der Waals surface area contributed by atoms with Gasteiger partial charge in [0.05, 0.1) is 18.1 Å². The molecule has 8 heteroatoms. The van der Waals surface area contributed by atoms with Crippen molar-refractivity contribution in [1.82, 2.24) is 5.32 Å². The maximum Gasteiger partial charge on any atom is 0.253 e. The molecule has 2 atom stereocenters. The summed E-state index contributed by atoms with van der Waals surface area (Å²) in [6.45, 7) is -0.119. The van der Waals surface area contributed by atoms with Crippen LogP contribution in [0.15, 0.2) is 46.9 Å². The molecule has 25 heavy (non-hydrogen) atoms. The Hall–Kier alpha value is -1.66. The highest BCUT2D eigenvalue weighted by molar-refractivity contribution is 9.10. The molecule has 0 saturated heterocycles. The van der Waals surface area contributed by atoms with E-state index in [1.165, 1.54) is 0 Å². The third-order valence-electron chi connectivity index (χ3n) is 4.13. The zero-order valence-corrected chi connectivity index (χ0v) is 16.1. The number of carbonyl (C=O) groups excluding carboxylic acids is 1. The number of nitrogens with one attached hydrogen (secondary N) is 1. The van der Waals surface area contributed by atoms with Crippen molar-refractivity contribution in [2.75, 3.05) is 6.61 Å². The van der Waals surface area contributed by atoms with E-state index in [2.05, 4.69) is 21.2 Å². The Morgan fingerprint density at radius 2 is 1.92 bits per heavy atom. The van der Waals surface area contributed by atoms with Crippen LogP contribution in [0.1, 0.15) is 27.4 Å². The van der Waals surface area contributed by atoms with Crippen LogP contribution in [0.2, 0.25) is 0 Å². The van der Waals surface area contributed by atoms with Gasteiger partial charge in [0.2, 0.25) is 0 Å². The van der Waals surface area contributed by atoms with E-state index >= 15 is 0 Å². The fourth-order valence-electron chi connectivity index (χ4n) is 3.17. The fraction of sp³-hybridized carbons (Fsp3) is 0.235. The molecule has 0 bridgehead atoms. The smallest absolute Gasteiger partial charge is 0.253 e. The molecule has 0 radical (unpaired) electrons. The maximum absolute atomic E-state index is 12.7. The molecule has 1 heterocycles. The van der Waals surface area contributed by atoms with Crippen LogP contribution >= 0.6 is 15.9 Å². The van der Waals surface area contributed by atoms with Crippen LogP contribution in [0.25, 0.3) is 0 Å². The molecule has 0 fully saturated rings. The first-order valence-electron chi connectivity index (χ1n) is 8.28. The van der Waals surface area contributed by atoms with E-state index in [9.17, 15) is 9.90 Å². The number of halogens is 1. The molecule has 3 rings (SSSR count). The largest absolute Gasteiger partial charge is 0.486 e. The zero-order valence-electron chi connectivity index (χ0n) is 14.5. The summed E-state index contributed by atoms with van der Waals surface area (Å²) in [5, 5.41) is 12.4. The molecule has 0 aliphatic carbocycles. The fourth-order valence-corrected chi connectivity index (χ4v) is 3.65. The van der Waals surface area contributed by atoms with Crippen LogP contribution in [0.5, 0.6) is 5.75 Å². The van der Waals surface area contributed by atoms with Gasteiger partial charge in [-0.2, -0.15) is 0 Å². The Bertz CT molecular complexity index is 796. The lowest BCUT2D eigenvalue weighted by molar-refractivity contribution is 0.0937. The van der Waals surface area contributed by atoms with E-state index in [0.717, 1.165) is 15.6 Å². The van der Waals surface area contributed by atoms with Gasteiger partial charge in [-0.05, 0) is 22.9 Å². The number of ether oxygens (including phenoxy) is 1. The molecule has 2 aromatic carbocycles. The van der Waals surface area contributed by atoms with Crippen LogP contribution in [0, 0.1) is 0 Å². The van der Waals surface area contributed by atoms with Crippen LogP contribution < -0.4 is 10.1 Å². The Morgan fingerprint density at radius 3 is 2.52 bits per heavy atom. The number of carbonyl (C=O) groups is 1. The lowest BCUT2D eigenvalue weighted by Gasteiger charge is -2.21. The van der Waals surface area contributed by atoms with Gasteiger partial charge < -0.3 is 15.2 Å². The molecule has 1 amide bonds. The summed E-state index contributed by atoms with van der Waals surface area (Å²) in [6, 6.07) is 13.7. The predicted octanol–water partition coefficient (Wildman–Crippen LogP) is -0.425. The number of rotatable bonds is 4. The third kappa shape index (κ3) is 3.80. The van der Waals surface area contributed by atoms with Crippen molar-refractivity contribution in [2.24, 2.45) is 0 Å². The minimum absolute atomic E-state index is 0.111. The molecule has 1 aliphatic rings. The Labute approximate surface area is 158 Å². The number of fused-ring (bicyclic) bond motifs is 1. The molecule has 0 unspecified atom stereocenters. The number of hydrogen-bond donors (Lipinski definition) is 2. The van der Waals surface area contributed by atoms with Crippen molar-refractivity contribution in [3.63, 3.8) is 0 Å². The van der Waals surface area contributed by atoms with Gasteiger partial charge in [0.15, 0.2) is 0 Å². The molecule has 126 valence electrons. The van der Waals surface area contributed by atoms with Gasteiger partial charge in [-0.3, -0.25) is 4.79 Å². The van der Waals surface area contributed by atoms with Gasteiger partial charge in [0, 0.05) is 10.0 Å². The van der Waals surface area contributed by atoms with E-state index < -0.39 is 6.10 Å². The summed E-state index contributed by atoms with van der Waals surface area (Å²) in [4.78, 5) is 12.7. The molecule has 0 spiro atoms. The van der Waals surface area contributed by atoms with E-state index in [-0.39, 0.29) is 23.7 Å². The second kappa shape index (κ2) is 6.92. The number of benzene rings is 2. The standard InChI is InChI=1S/C17H19B3BrNO3/c18-17(19,20)22-16(24)12-7-10(21)6-11-14(9-4-2-1-3-5-9)13(8-23)25-15(11)12/h1-7,13-14,23H,8,18-20H2,(H,22,24)/t13-,14+/m1/s1. The average molecular weight is 398 g/mol. The summed E-state index contributed by atoms with van der Waals surface area (Å²) in [7, 11) is 5.81. The second-order valence-corrected chi connectivity index (χ2v) is 8.22. The Kier molecular flexibility index (Phi) is 5.03. The first-order chi connectivity index (χ1) is 11.8. The van der Waals surface area contributed by atoms with E-state index in [4.69, 9.17) is 4.74 Å². The Balaban J connectivity index is 2.09. The van der Waals surface area contributed by atoms with E-state index in [0.29, 0.717) is 11.3 Å². The minimum Gasteiger partial charge on any atom is -0.486 e. The molecule has 1 aliphatic heterocycles. The van der Waals surface area contributed by atoms with E-state index in [1.807, 2.05) is 59.9 Å². The number of hydrogen-bond acceptors (Lipinski definition) is 3. The number of aliphatic hydroxyl groups is 1. The summed E-state index contributed by atoms with van der Waals surface area (Å²) in [5.41, 5.74) is 2.45. The average Bonchev–Trinajstić information content (AvgIpc) is 2.91. The highest BCUT2D eigenvalue weighted by atomic mass is 79.9. The van der Waals surface area contributed by atoms with Gasteiger partial charge in [0.25, 0.3) is 5.91 Å². The third-order valence-corrected chi connectivity index (χ3v) is 4.59. The van der Waals surface area contributed by atoms with Crippen molar-refractivity contribution in [2.45, 2.75) is 17.3 Å². The lowest BCUT2D eigenvalue weighted by atomic mass is 9.49. The van der Waals surface area contributed by atoms with Crippen molar-refractivity contribution in [3.05, 3.63) is 63.6 Å². The SMILES string of the molecule is BC(B)(B)NC(=O)c1cc(Br)cc2c1O[C@H](CO)[C@H]2c1ccccc1. The topological polar surface area (TPSA) is 58.6 Å². The molecule has 2 N–H and O–H groups in total. The number of aliphatic hydroxyl groups excluding tert-OH is 1. The molecular formula is C17H19B3BrNO3. The first kappa shape index (κ1) is 18.1. The molecule has 0 saturated carbocycles. The summed E-state index contributed by atoms with van der Waals surface area (Å²) < 4.78 is 6.83. The van der Waals surface area contributed by atoms with E-state index in [1.54, 1.807) is 6.07 Å². The summed E-state index contributed by atoms with van der Waals surface area (Å²) in [6.07, 6.45) is -0.409. The van der Waals surface area contributed by atoms with Crippen molar-refractivity contribution in [3.8, 4) is 5.75 Å². The van der Waals surface area contributed by atoms with Gasteiger partial charge in [-0.25, -0.2) is 0 Å². The zero-order chi connectivity index (χ0) is 18.2. The molecule has 0 aromatic heterocycles. The summed E-state index contributed by atoms with van der Waals surface area (Å²) in [5.74, 6) is 0.258. The highest BCUT2D eigenvalue weighted by Gasteiger charge is 2.38. The predicted molar refractivity (Wildman–Crippen MR) is 110 cm³/mol.